The first-order chi connectivity index (χ1) is 31.2. The van der Waals surface area contributed by atoms with Crippen molar-refractivity contribution in [1.29, 1.82) is 0 Å². The van der Waals surface area contributed by atoms with Crippen molar-refractivity contribution in [2.75, 3.05) is 33.4 Å². The van der Waals surface area contributed by atoms with E-state index in [0.29, 0.717) is 46.2 Å². The SMILES string of the molecule is C=CC1C[C@]1(NC(=O)[C@@H]1C[C@@H](Oc2cc(-c3ccccc3)nc3cc(OC)ccc23)CN1C(=O)[C@@H](NC(=O)OC(C)(C)C)C(C)(C)C)C(=O)NCCc1ccc(P(=O)(OCC)OCC)cc1. The summed E-state index contributed by atoms with van der Waals surface area (Å²) < 4.78 is 42.0. The van der Waals surface area contributed by atoms with Gasteiger partial charge in [-0.15, -0.1) is 6.58 Å². The van der Waals surface area contributed by atoms with Gasteiger partial charge in [0.15, 0.2) is 0 Å². The normalized spacial score (nSPS) is 20.0. The number of fused-ring (bicyclic) bond motifs is 1. The standard InChI is InChI=1S/C50H64N5O10P/c1-11-34-30-50(34,46(58)51-26-25-32-19-22-37(23-20-32)66(60,62-12-2)63-13-3)54-44(56)41-28-36(31-55(41)45(57)43(48(4,5)6)53-47(59)65-49(7,8)9)64-42-29-39(33-17-15-14-16-18-33)52-40-27-35(61-10)21-24-38(40)42/h11,14-24,27,29,34,36,41,43H,1,12-13,25-26,28,30-31H2,2-10H3,(H,51,58)(H,53,59)(H,54,56)/t34?,36-,41+,43-,50-/m1/s1. The number of aromatic nitrogens is 1. The van der Waals surface area contributed by atoms with E-state index in [-0.39, 0.29) is 44.5 Å². The molecule has 4 amide bonds. The van der Waals surface area contributed by atoms with Crippen molar-refractivity contribution in [3.05, 3.63) is 97.1 Å². The largest absolute Gasteiger partial charge is 0.497 e. The van der Waals surface area contributed by atoms with Crippen LogP contribution in [0.3, 0.4) is 0 Å². The molecule has 6 rings (SSSR count). The van der Waals surface area contributed by atoms with Crippen LogP contribution in [0.15, 0.2) is 91.5 Å². The molecule has 16 heteroatoms. The van der Waals surface area contributed by atoms with Gasteiger partial charge in [0.1, 0.15) is 40.8 Å². The predicted octanol–water partition coefficient (Wildman–Crippen LogP) is 7.51. The number of nitrogens with one attached hydrogen (secondary N) is 3. The summed E-state index contributed by atoms with van der Waals surface area (Å²) in [7, 11) is -1.87. The zero-order valence-electron chi connectivity index (χ0n) is 39.5. The fourth-order valence-electron chi connectivity index (χ4n) is 8.14. The Morgan fingerprint density at radius 2 is 1.64 bits per heavy atom. The van der Waals surface area contributed by atoms with E-state index in [1.54, 1.807) is 59.9 Å². The Balaban J connectivity index is 1.26. The van der Waals surface area contributed by atoms with Crippen LogP contribution in [0.2, 0.25) is 0 Å². The molecule has 4 aromatic rings. The van der Waals surface area contributed by atoms with Gasteiger partial charge in [-0.1, -0.05) is 69.3 Å². The molecule has 15 nitrogen and oxygen atoms in total. The van der Waals surface area contributed by atoms with Gasteiger partial charge in [0.25, 0.3) is 0 Å². The third-order valence-electron chi connectivity index (χ3n) is 11.6. The van der Waals surface area contributed by atoms with E-state index in [0.717, 1.165) is 11.1 Å². The number of benzene rings is 3. The fraction of sp³-hybridized carbons (Fsp3) is 0.460. The van der Waals surface area contributed by atoms with Crippen LogP contribution in [-0.4, -0.2) is 96.4 Å². The van der Waals surface area contributed by atoms with Crippen molar-refractivity contribution >= 4 is 47.6 Å². The molecule has 1 saturated heterocycles. The lowest BCUT2D eigenvalue weighted by molar-refractivity contribution is -0.143. The van der Waals surface area contributed by atoms with Crippen LogP contribution < -0.4 is 30.7 Å². The molecule has 2 heterocycles. The number of methoxy groups -OCH3 is 1. The molecule has 66 heavy (non-hydrogen) atoms. The third-order valence-corrected chi connectivity index (χ3v) is 13.7. The zero-order valence-corrected chi connectivity index (χ0v) is 40.4. The predicted molar refractivity (Wildman–Crippen MR) is 254 cm³/mol. The maximum Gasteiger partial charge on any atom is 0.408 e. The molecule has 1 aromatic heterocycles. The molecule has 1 aliphatic heterocycles. The second-order valence-corrected chi connectivity index (χ2v) is 20.7. The van der Waals surface area contributed by atoms with E-state index in [4.69, 9.17) is 28.2 Å². The monoisotopic (exact) mass is 925 g/mol. The molecule has 2 aliphatic rings. The van der Waals surface area contributed by atoms with Gasteiger partial charge >= 0.3 is 13.7 Å². The number of carbonyl (C=O) groups excluding carboxylic acids is 4. The summed E-state index contributed by atoms with van der Waals surface area (Å²) in [6.45, 7) is 18.8. The minimum absolute atomic E-state index is 0.00634. The van der Waals surface area contributed by atoms with Crippen LogP contribution >= 0.6 is 7.60 Å². The molecule has 3 aromatic carbocycles. The average molecular weight is 926 g/mol. The van der Waals surface area contributed by atoms with Crippen molar-refractivity contribution < 1.29 is 47.0 Å². The molecule has 1 saturated carbocycles. The van der Waals surface area contributed by atoms with Crippen molar-refractivity contribution in [2.24, 2.45) is 11.3 Å². The van der Waals surface area contributed by atoms with E-state index < -0.39 is 60.2 Å². The van der Waals surface area contributed by atoms with E-state index in [1.165, 1.54) is 4.90 Å². The number of likely N-dealkylation sites (tertiary alicyclic amines) is 1. The van der Waals surface area contributed by atoms with E-state index in [9.17, 15) is 23.7 Å². The summed E-state index contributed by atoms with van der Waals surface area (Å²) in [5, 5.41) is 9.95. The Morgan fingerprint density at radius 1 is 0.955 bits per heavy atom. The molecular weight excluding hydrogens is 862 g/mol. The van der Waals surface area contributed by atoms with Gasteiger partial charge in [-0.25, -0.2) is 9.78 Å². The molecule has 1 unspecified atom stereocenters. The second kappa shape index (κ2) is 20.4. The Morgan fingerprint density at radius 3 is 2.23 bits per heavy atom. The molecule has 5 atom stereocenters. The molecule has 1 aliphatic carbocycles. The van der Waals surface area contributed by atoms with Crippen LogP contribution in [0, 0.1) is 11.3 Å². The number of pyridine rings is 1. The molecule has 2 fully saturated rings. The fourth-order valence-corrected chi connectivity index (χ4v) is 9.71. The zero-order chi connectivity index (χ0) is 48.0. The lowest BCUT2D eigenvalue weighted by Gasteiger charge is -2.36. The number of alkyl carbamates (subject to hydrolysis) is 1. The van der Waals surface area contributed by atoms with Gasteiger partial charge in [-0.2, -0.15) is 0 Å². The highest BCUT2D eigenvalue weighted by atomic mass is 31.2. The first-order valence-corrected chi connectivity index (χ1v) is 24.0. The van der Waals surface area contributed by atoms with Crippen LogP contribution in [0.4, 0.5) is 4.79 Å². The molecule has 0 spiro atoms. The van der Waals surface area contributed by atoms with Gasteiger partial charge < -0.3 is 44.1 Å². The summed E-state index contributed by atoms with van der Waals surface area (Å²) in [6.07, 6.45) is 1.02. The van der Waals surface area contributed by atoms with E-state index in [1.807, 2.05) is 87.5 Å². The highest BCUT2D eigenvalue weighted by molar-refractivity contribution is 7.62. The lowest BCUT2D eigenvalue weighted by Crippen LogP contribution is -2.60. The first-order valence-electron chi connectivity index (χ1n) is 22.5. The number of amides is 4. The van der Waals surface area contributed by atoms with Gasteiger partial charge in [0.2, 0.25) is 17.7 Å². The Labute approximate surface area is 387 Å². The Kier molecular flexibility index (Phi) is 15.4. The Hall–Kier alpha value is -5.76. The van der Waals surface area contributed by atoms with E-state index in [2.05, 4.69) is 22.5 Å². The average Bonchev–Trinajstić information content (AvgIpc) is 3.83. The van der Waals surface area contributed by atoms with Gasteiger partial charge in [0.05, 0.1) is 43.4 Å². The number of rotatable bonds is 18. The number of carbonyl (C=O) groups is 4. The van der Waals surface area contributed by atoms with Gasteiger partial charge in [-0.05, 0) is 82.7 Å². The summed E-state index contributed by atoms with van der Waals surface area (Å²) in [4.78, 5) is 63.2. The highest BCUT2D eigenvalue weighted by Crippen LogP contribution is 2.47. The van der Waals surface area contributed by atoms with Gasteiger partial charge in [-0.3, -0.25) is 18.9 Å². The lowest BCUT2D eigenvalue weighted by atomic mass is 9.85. The molecule has 3 N–H and O–H groups in total. The molecular formula is C50H64N5O10P. The van der Waals surface area contributed by atoms with Crippen LogP contribution in [0.1, 0.15) is 73.8 Å². The van der Waals surface area contributed by atoms with Crippen LogP contribution in [-0.2, 0) is 39.2 Å². The Bertz CT molecular complexity index is 2440. The van der Waals surface area contributed by atoms with Crippen molar-refractivity contribution in [2.45, 2.75) is 104 Å². The van der Waals surface area contributed by atoms with Crippen LogP contribution in [0.25, 0.3) is 22.2 Å². The van der Waals surface area contributed by atoms with Gasteiger partial charge in [0, 0.05) is 42.0 Å². The van der Waals surface area contributed by atoms with Crippen molar-refractivity contribution in [1.82, 2.24) is 25.8 Å². The second-order valence-electron chi connectivity index (χ2n) is 18.7. The number of hydrogen-bond donors (Lipinski definition) is 3. The minimum atomic E-state index is -3.45. The molecule has 354 valence electrons. The summed E-state index contributed by atoms with van der Waals surface area (Å²) in [5.41, 5.74) is 0.0864. The molecule has 0 bridgehead atoms. The number of nitrogens with zero attached hydrogens (tertiary/aromatic N) is 2. The van der Waals surface area contributed by atoms with Crippen molar-refractivity contribution in [3.8, 4) is 22.8 Å². The number of ether oxygens (including phenoxy) is 3. The minimum Gasteiger partial charge on any atom is -0.497 e. The third kappa shape index (κ3) is 11.6. The van der Waals surface area contributed by atoms with Crippen LogP contribution in [0.5, 0.6) is 11.5 Å². The number of hydrogen-bond acceptors (Lipinski definition) is 11. The maximum absolute atomic E-state index is 14.9. The summed E-state index contributed by atoms with van der Waals surface area (Å²) in [6, 6.07) is 21.8. The highest BCUT2D eigenvalue weighted by Gasteiger charge is 2.61. The maximum atomic E-state index is 14.9. The topological polar surface area (TPSA) is 184 Å². The smallest absolute Gasteiger partial charge is 0.408 e. The first kappa shape index (κ1) is 49.7. The summed E-state index contributed by atoms with van der Waals surface area (Å²) >= 11 is 0. The quantitative estimate of drug-likeness (QED) is 0.0663. The summed E-state index contributed by atoms with van der Waals surface area (Å²) in [5.74, 6) is -0.687. The van der Waals surface area contributed by atoms with E-state index >= 15 is 0 Å². The van der Waals surface area contributed by atoms with Crippen molar-refractivity contribution in [3.63, 3.8) is 0 Å². The molecule has 0 radical (unpaired) electrons.